The van der Waals surface area contributed by atoms with Crippen LogP contribution in [0.25, 0.3) is 0 Å². The summed E-state index contributed by atoms with van der Waals surface area (Å²) in [6, 6.07) is 0.560. The van der Waals surface area contributed by atoms with Gasteiger partial charge in [-0.3, -0.25) is 4.79 Å². The Kier molecular flexibility index (Phi) is 3.96. The highest BCUT2D eigenvalue weighted by molar-refractivity contribution is 7.17. The van der Waals surface area contributed by atoms with Gasteiger partial charge in [0.15, 0.2) is 5.13 Å². The summed E-state index contributed by atoms with van der Waals surface area (Å²) in [6.07, 6.45) is 2.40. The summed E-state index contributed by atoms with van der Waals surface area (Å²) < 4.78 is 4.89. The normalized spacial score (nSPS) is 14.7. The van der Waals surface area contributed by atoms with E-state index in [-0.39, 0.29) is 5.91 Å². The molecule has 1 amide bonds. The summed E-state index contributed by atoms with van der Waals surface area (Å²) in [4.78, 5) is 16.9. The maximum Gasteiger partial charge on any atom is 0.263 e. The van der Waals surface area contributed by atoms with Crippen molar-refractivity contribution in [1.82, 2.24) is 10.3 Å². The molecule has 0 spiro atoms. The number of methoxy groups -OCH3 is 1. The average molecular weight is 255 g/mol. The fourth-order valence-corrected chi connectivity index (χ4v) is 2.38. The lowest BCUT2D eigenvalue weighted by Crippen LogP contribution is -2.26. The monoisotopic (exact) mass is 255 g/mol. The molecule has 0 saturated heterocycles. The van der Waals surface area contributed by atoms with Crippen molar-refractivity contribution in [3.63, 3.8) is 0 Å². The Morgan fingerprint density at radius 2 is 2.35 bits per heavy atom. The highest BCUT2D eigenvalue weighted by atomic mass is 32.1. The molecule has 94 valence electrons. The summed E-state index contributed by atoms with van der Waals surface area (Å²) in [5.41, 5.74) is 0.785. The molecule has 1 aromatic rings. The van der Waals surface area contributed by atoms with Crippen LogP contribution in [-0.2, 0) is 4.74 Å². The van der Waals surface area contributed by atoms with Gasteiger partial charge in [0.1, 0.15) is 4.88 Å². The zero-order valence-corrected chi connectivity index (χ0v) is 10.9. The molecule has 0 atom stereocenters. The van der Waals surface area contributed by atoms with Crippen molar-refractivity contribution in [3.05, 3.63) is 10.6 Å². The van der Waals surface area contributed by atoms with Gasteiger partial charge in [-0.1, -0.05) is 11.3 Å². The number of rotatable bonds is 6. The van der Waals surface area contributed by atoms with Gasteiger partial charge in [0.2, 0.25) is 0 Å². The fraction of sp³-hybridized carbons (Fsp3) is 0.636. The van der Waals surface area contributed by atoms with E-state index < -0.39 is 0 Å². The van der Waals surface area contributed by atoms with Gasteiger partial charge >= 0.3 is 0 Å². The summed E-state index contributed by atoms with van der Waals surface area (Å²) in [6.45, 7) is 2.91. The minimum Gasteiger partial charge on any atom is -0.383 e. The van der Waals surface area contributed by atoms with Crippen molar-refractivity contribution in [1.29, 1.82) is 0 Å². The molecule has 17 heavy (non-hydrogen) atoms. The molecule has 1 fully saturated rings. The first-order valence-electron chi connectivity index (χ1n) is 5.72. The number of amides is 1. The van der Waals surface area contributed by atoms with Gasteiger partial charge in [0.25, 0.3) is 5.91 Å². The lowest BCUT2D eigenvalue weighted by Gasteiger charge is -2.02. The van der Waals surface area contributed by atoms with E-state index in [4.69, 9.17) is 4.74 Å². The Morgan fingerprint density at radius 3 is 3.00 bits per heavy atom. The van der Waals surface area contributed by atoms with Crippen molar-refractivity contribution in [2.45, 2.75) is 25.8 Å². The predicted molar refractivity (Wildman–Crippen MR) is 67.7 cm³/mol. The van der Waals surface area contributed by atoms with Crippen LogP contribution in [-0.4, -0.2) is 37.2 Å². The first-order valence-corrected chi connectivity index (χ1v) is 6.53. The smallest absolute Gasteiger partial charge is 0.263 e. The van der Waals surface area contributed by atoms with Gasteiger partial charge in [-0.25, -0.2) is 4.98 Å². The highest BCUT2D eigenvalue weighted by Crippen LogP contribution is 2.29. The Bertz CT molecular complexity index is 401. The quantitative estimate of drug-likeness (QED) is 0.754. The number of carbonyl (C=O) groups excluding carboxylic acids is 1. The number of nitrogens with zero attached hydrogens (tertiary/aromatic N) is 1. The van der Waals surface area contributed by atoms with E-state index in [1.54, 1.807) is 7.11 Å². The van der Waals surface area contributed by atoms with Crippen LogP contribution in [0.15, 0.2) is 0 Å². The number of hydrogen-bond acceptors (Lipinski definition) is 5. The second-order valence-corrected chi connectivity index (χ2v) is 5.10. The third kappa shape index (κ3) is 3.41. The Labute approximate surface area is 105 Å². The molecule has 5 nitrogen and oxygen atoms in total. The van der Waals surface area contributed by atoms with Crippen molar-refractivity contribution in [2.75, 3.05) is 25.6 Å². The van der Waals surface area contributed by atoms with Crippen LogP contribution in [0.4, 0.5) is 5.13 Å². The van der Waals surface area contributed by atoms with Gasteiger partial charge in [-0.05, 0) is 19.8 Å². The van der Waals surface area contributed by atoms with Crippen molar-refractivity contribution < 1.29 is 9.53 Å². The number of thiazole rings is 1. The topological polar surface area (TPSA) is 63.2 Å². The van der Waals surface area contributed by atoms with E-state index in [9.17, 15) is 4.79 Å². The van der Waals surface area contributed by atoms with Crippen LogP contribution in [0.5, 0.6) is 0 Å². The second kappa shape index (κ2) is 5.46. The molecule has 0 unspecified atom stereocenters. The number of hydrogen-bond donors (Lipinski definition) is 2. The molecule has 1 saturated carbocycles. The number of carbonyl (C=O) groups is 1. The van der Waals surface area contributed by atoms with Gasteiger partial charge in [0.05, 0.1) is 12.3 Å². The Balaban J connectivity index is 1.93. The van der Waals surface area contributed by atoms with E-state index in [1.807, 2.05) is 6.92 Å². The van der Waals surface area contributed by atoms with Crippen LogP contribution in [0.1, 0.15) is 28.2 Å². The van der Waals surface area contributed by atoms with Crippen molar-refractivity contribution in [3.8, 4) is 0 Å². The van der Waals surface area contributed by atoms with E-state index in [2.05, 4.69) is 15.6 Å². The molecule has 2 N–H and O–H groups in total. The molecule has 2 rings (SSSR count). The van der Waals surface area contributed by atoms with Crippen LogP contribution in [0, 0.1) is 6.92 Å². The molecule has 1 aromatic heterocycles. The number of anilines is 1. The van der Waals surface area contributed by atoms with E-state index in [0.717, 1.165) is 10.8 Å². The number of ether oxygens (including phenoxy) is 1. The molecule has 1 aliphatic carbocycles. The van der Waals surface area contributed by atoms with Crippen molar-refractivity contribution in [2.24, 2.45) is 0 Å². The molecule has 0 aliphatic heterocycles. The zero-order chi connectivity index (χ0) is 12.3. The van der Waals surface area contributed by atoms with E-state index >= 15 is 0 Å². The summed E-state index contributed by atoms with van der Waals surface area (Å²) in [5, 5.41) is 6.95. The molecular weight excluding hydrogens is 238 g/mol. The third-order valence-electron chi connectivity index (χ3n) is 2.50. The zero-order valence-electron chi connectivity index (χ0n) is 10.1. The molecular formula is C11H17N3O2S. The number of nitrogens with one attached hydrogen (secondary N) is 2. The molecule has 0 bridgehead atoms. The van der Waals surface area contributed by atoms with Gasteiger partial charge in [-0.15, -0.1) is 0 Å². The second-order valence-electron chi connectivity index (χ2n) is 4.10. The number of aryl methyl sites for hydroxylation is 1. The van der Waals surface area contributed by atoms with E-state index in [0.29, 0.717) is 24.1 Å². The van der Waals surface area contributed by atoms with Gasteiger partial charge in [0, 0.05) is 19.7 Å². The molecule has 1 heterocycles. The first kappa shape index (κ1) is 12.3. The highest BCUT2D eigenvalue weighted by Gasteiger charge is 2.23. The fourth-order valence-electron chi connectivity index (χ4n) is 1.42. The SMILES string of the molecule is COCCNC(=O)c1sc(NC2CC2)nc1C. The summed E-state index contributed by atoms with van der Waals surface area (Å²) in [7, 11) is 1.61. The molecule has 1 aliphatic rings. The maximum atomic E-state index is 11.8. The van der Waals surface area contributed by atoms with Crippen molar-refractivity contribution >= 4 is 22.4 Å². The largest absolute Gasteiger partial charge is 0.383 e. The van der Waals surface area contributed by atoms with Crippen LogP contribution < -0.4 is 10.6 Å². The molecule has 6 heteroatoms. The molecule has 0 aromatic carbocycles. The standard InChI is InChI=1S/C11H17N3O2S/c1-7-9(10(15)12-5-6-16-2)17-11(13-7)14-8-3-4-8/h8H,3-6H2,1-2H3,(H,12,15)(H,13,14). The van der Waals surface area contributed by atoms with Crippen LogP contribution in [0.3, 0.4) is 0 Å². The average Bonchev–Trinajstić information content (AvgIpc) is 3.02. The van der Waals surface area contributed by atoms with E-state index in [1.165, 1.54) is 24.2 Å². The Morgan fingerprint density at radius 1 is 1.59 bits per heavy atom. The summed E-state index contributed by atoms with van der Waals surface area (Å²) in [5.74, 6) is -0.0686. The third-order valence-corrected chi connectivity index (χ3v) is 3.59. The minimum absolute atomic E-state index is 0.0686. The van der Waals surface area contributed by atoms with Gasteiger partial charge < -0.3 is 15.4 Å². The predicted octanol–water partition coefficient (Wildman–Crippen LogP) is 1.40. The van der Waals surface area contributed by atoms with Crippen LogP contribution in [0.2, 0.25) is 0 Å². The Hall–Kier alpha value is -1.14. The van der Waals surface area contributed by atoms with Gasteiger partial charge in [-0.2, -0.15) is 0 Å². The molecule has 0 radical (unpaired) electrons. The number of aromatic nitrogens is 1. The maximum absolute atomic E-state index is 11.8. The van der Waals surface area contributed by atoms with Crippen LogP contribution >= 0.6 is 11.3 Å². The first-order chi connectivity index (χ1) is 8.20. The minimum atomic E-state index is -0.0686. The summed E-state index contributed by atoms with van der Waals surface area (Å²) >= 11 is 1.42. The lowest BCUT2D eigenvalue weighted by molar-refractivity contribution is 0.0940. The lowest BCUT2D eigenvalue weighted by atomic mass is 10.4.